The van der Waals surface area contributed by atoms with E-state index in [2.05, 4.69) is 5.10 Å². The van der Waals surface area contributed by atoms with Gasteiger partial charge in [-0.1, -0.05) is 30.3 Å². The quantitative estimate of drug-likeness (QED) is 0.937. The number of hydrogen-bond donors (Lipinski definition) is 1. The van der Waals surface area contributed by atoms with Crippen LogP contribution in [-0.2, 0) is 11.8 Å². The van der Waals surface area contributed by atoms with Crippen LogP contribution in [0.25, 0.3) is 11.3 Å². The summed E-state index contributed by atoms with van der Waals surface area (Å²) in [6.07, 6.45) is 1.22. The van der Waals surface area contributed by atoms with E-state index in [-0.39, 0.29) is 5.91 Å². The number of aryl methyl sites for hydroxylation is 1. The molecule has 3 rings (SSSR count). The maximum atomic E-state index is 12.6. The van der Waals surface area contributed by atoms with Crippen LogP contribution in [-0.4, -0.2) is 44.3 Å². The van der Waals surface area contributed by atoms with Gasteiger partial charge in [-0.3, -0.25) is 9.48 Å². The van der Waals surface area contributed by atoms with E-state index in [1.54, 1.807) is 13.1 Å². The van der Waals surface area contributed by atoms with Crippen LogP contribution < -0.4 is 0 Å². The van der Waals surface area contributed by atoms with Crippen molar-refractivity contribution in [1.82, 2.24) is 14.7 Å². The molecule has 114 valence electrons. The Kier molecular flexibility index (Phi) is 3.66. The van der Waals surface area contributed by atoms with Crippen LogP contribution in [0.15, 0.2) is 36.4 Å². The van der Waals surface area contributed by atoms with Gasteiger partial charge in [0.1, 0.15) is 11.7 Å². The SMILES string of the molecule is Cn1nc(-c2ccccc2)cc1C(=O)N1CCC[C@H]1C(=O)O. The maximum absolute atomic E-state index is 12.6. The molecule has 22 heavy (non-hydrogen) atoms. The summed E-state index contributed by atoms with van der Waals surface area (Å²) >= 11 is 0. The Hall–Kier alpha value is -2.63. The summed E-state index contributed by atoms with van der Waals surface area (Å²) in [4.78, 5) is 25.3. The minimum absolute atomic E-state index is 0.276. The molecule has 1 amide bonds. The molecule has 6 nitrogen and oxygen atoms in total. The van der Waals surface area contributed by atoms with E-state index >= 15 is 0 Å². The molecule has 1 aliphatic heterocycles. The zero-order valence-corrected chi connectivity index (χ0v) is 12.3. The molecule has 1 aliphatic rings. The molecule has 1 atom stereocenters. The van der Waals surface area contributed by atoms with Crippen molar-refractivity contribution in [3.63, 3.8) is 0 Å². The average Bonchev–Trinajstić information content (AvgIpc) is 3.14. The van der Waals surface area contributed by atoms with Gasteiger partial charge in [0.05, 0.1) is 5.69 Å². The van der Waals surface area contributed by atoms with E-state index in [1.165, 1.54) is 9.58 Å². The minimum atomic E-state index is -0.948. The molecular weight excluding hydrogens is 282 g/mol. The third-order valence-corrected chi connectivity index (χ3v) is 3.97. The Morgan fingerprint density at radius 3 is 2.68 bits per heavy atom. The molecule has 6 heteroatoms. The Labute approximate surface area is 128 Å². The molecule has 2 heterocycles. The highest BCUT2D eigenvalue weighted by Gasteiger charge is 2.35. The first-order chi connectivity index (χ1) is 10.6. The van der Waals surface area contributed by atoms with Crippen molar-refractivity contribution in [3.05, 3.63) is 42.1 Å². The van der Waals surface area contributed by atoms with Gasteiger partial charge in [0.2, 0.25) is 0 Å². The summed E-state index contributed by atoms with van der Waals surface area (Å²) < 4.78 is 1.52. The van der Waals surface area contributed by atoms with Crippen molar-refractivity contribution in [1.29, 1.82) is 0 Å². The van der Waals surface area contributed by atoms with Crippen LogP contribution in [0.5, 0.6) is 0 Å². The molecule has 1 saturated heterocycles. The number of carboxylic acid groups (broad SMARTS) is 1. The summed E-state index contributed by atoms with van der Waals surface area (Å²) in [5.74, 6) is -1.22. The molecule has 1 aromatic heterocycles. The van der Waals surface area contributed by atoms with Gasteiger partial charge in [-0.2, -0.15) is 5.10 Å². The van der Waals surface area contributed by atoms with Crippen molar-refractivity contribution in [2.75, 3.05) is 6.54 Å². The van der Waals surface area contributed by atoms with Crippen LogP contribution in [0.4, 0.5) is 0 Å². The van der Waals surface area contributed by atoms with E-state index in [0.717, 1.165) is 5.56 Å². The molecule has 0 radical (unpaired) electrons. The number of rotatable bonds is 3. The van der Waals surface area contributed by atoms with Gasteiger partial charge in [-0.25, -0.2) is 4.79 Å². The first kappa shape index (κ1) is 14.3. The van der Waals surface area contributed by atoms with Gasteiger partial charge >= 0.3 is 5.97 Å². The lowest BCUT2D eigenvalue weighted by Gasteiger charge is -2.21. The fourth-order valence-electron chi connectivity index (χ4n) is 2.83. The van der Waals surface area contributed by atoms with Gasteiger partial charge in [0, 0.05) is 19.2 Å². The topological polar surface area (TPSA) is 75.4 Å². The summed E-state index contributed by atoms with van der Waals surface area (Å²) in [6.45, 7) is 0.474. The highest BCUT2D eigenvalue weighted by molar-refractivity contribution is 5.96. The van der Waals surface area contributed by atoms with Crippen LogP contribution in [0.2, 0.25) is 0 Å². The van der Waals surface area contributed by atoms with Crippen molar-refractivity contribution in [2.45, 2.75) is 18.9 Å². The van der Waals surface area contributed by atoms with E-state index in [0.29, 0.717) is 30.8 Å². The number of aliphatic carboxylic acids is 1. The predicted molar refractivity (Wildman–Crippen MR) is 80.3 cm³/mol. The molecule has 2 aromatic rings. The summed E-state index contributed by atoms with van der Waals surface area (Å²) in [5, 5.41) is 13.6. The first-order valence-corrected chi connectivity index (χ1v) is 7.21. The zero-order valence-electron chi connectivity index (χ0n) is 12.3. The molecule has 1 aromatic carbocycles. The number of likely N-dealkylation sites (tertiary alicyclic amines) is 1. The minimum Gasteiger partial charge on any atom is -0.480 e. The van der Waals surface area contributed by atoms with Gasteiger partial charge in [-0.05, 0) is 18.9 Å². The Bertz CT molecular complexity index is 709. The van der Waals surface area contributed by atoms with Gasteiger partial charge < -0.3 is 10.0 Å². The average molecular weight is 299 g/mol. The maximum Gasteiger partial charge on any atom is 0.326 e. The number of hydrogen-bond acceptors (Lipinski definition) is 3. The lowest BCUT2D eigenvalue weighted by Crippen LogP contribution is -2.41. The number of aromatic nitrogens is 2. The van der Waals surface area contributed by atoms with Crippen molar-refractivity contribution >= 4 is 11.9 Å². The molecule has 1 N–H and O–H groups in total. The number of benzene rings is 1. The van der Waals surface area contributed by atoms with Crippen molar-refractivity contribution in [3.8, 4) is 11.3 Å². The molecule has 1 fully saturated rings. The van der Waals surface area contributed by atoms with Gasteiger partial charge in [-0.15, -0.1) is 0 Å². The molecule has 0 spiro atoms. The highest BCUT2D eigenvalue weighted by Crippen LogP contribution is 2.23. The molecule has 0 saturated carbocycles. The third-order valence-electron chi connectivity index (χ3n) is 3.97. The normalized spacial score (nSPS) is 17.7. The Balaban J connectivity index is 1.91. The predicted octanol–water partition coefficient (Wildman–Crippen LogP) is 1.78. The van der Waals surface area contributed by atoms with Crippen LogP contribution in [0.1, 0.15) is 23.3 Å². The molecule has 0 unspecified atom stereocenters. The fourth-order valence-corrected chi connectivity index (χ4v) is 2.83. The third kappa shape index (κ3) is 2.47. The second-order valence-electron chi connectivity index (χ2n) is 5.40. The summed E-state index contributed by atoms with van der Waals surface area (Å²) in [6, 6.07) is 10.6. The Morgan fingerprint density at radius 1 is 1.27 bits per heavy atom. The highest BCUT2D eigenvalue weighted by atomic mass is 16.4. The summed E-state index contributed by atoms with van der Waals surface area (Å²) in [5.41, 5.74) is 2.04. The molecular formula is C16H17N3O3. The van der Waals surface area contributed by atoms with E-state index in [9.17, 15) is 14.7 Å². The molecule has 0 bridgehead atoms. The largest absolute Gasteiger partial charge is 0.480 e. The van der Waals surface area contributed by atoms with Crippen LogP contribution in [0, 0.1) is 0 Å². The van der Waals surface area contributed by atoms with Crippen molar-refractivity contribution in [2.24, 2.45) is 7.05 Å². The first-order valence-electron chi connectivity index (χ1n) is 7.21. The smallest absolute Gasteiger partial charge is 0.326 e. The van der Waals surface area contributed by atoms with E-state index < -0.39 is 12.0 Å². The molecule has 0 aliphatic carbocycles. The van der Waals surface area contributed by atoms with Crippen molar-refractivity contribution < 1.29 is 14.7 Å². The number of nitrogens with zero attached hydrogens (tertiary/aromatic N) is 3. The Morgan fingerprint density at radius 2 is 2.00 bits per heavy atom. The monoisotopic (exact) mass is 299 g/mol. The lowest BCUT2D eigenvalue weighted by atomic mass is 10.1. The van der Waals surface area contributed by atoms with Gasteiger partial charge in [0.15, 0.2) is 0 Å². The number of carbonyl (C=O) groups excluding carboxylic acids is 1. The van der Waals surface area contributed by atoms with E-state index in [1.807, 2.05) is 30.3 Å². The zero-order chi connectivity index (χ0) is 15.7. The van der Waals surface area contributed by atoms with Crippen LogP contribution >= 0.6 is 0 Å². The lowest BCUT2D eigenvalue weighted by molar-refractivity contribution is -0.141. The number of carbonyl (C=O) groups is 2. The fraction of sp³-hybridized carbons (Fsp3) is 0.312. The van der Waals surface area contributed by atoms with E-state index in [4.69, 9.17) is 0 Å². The number of carboxylic acids is 1. The second kappa shape index (κ2) is 5.63. The second-order valence-corrected chi connectivity index (χ2v) is 5.40. The number of amides is 1. The summed E-state index contributed by atoms with van der Waals surface area (Å²) in [7, 11) is 1.70. The standard InChI is InChI=1S/C16H17N3O3/c1-18-14(10-12(17-18)11-6-3-2-4-7-11)15(20)19-9-5-8-13(19)16(21)22/h2-4,6-7,10,13H,5,8-9H2,1H3,(H,21,22)/t13-/m0/s1. The van der Waals surface area contributed by atoms with Crippen LogP contribution in [0.3, 0.4) is 0 Å². The van der Waals surface area contributed by atoms with Gasteiger partial charge in [0.25, 0.3) is 5.91 Å².